The Balaban J connectivity index is 1.50. The fraction of sp³-hybridized carbons (Fsp3) is 0.0417. The van der Waals surface area contributed by atoms with Crippen molar-refractivity contribution in [2.45, 2.75) is 0 Å². The fourth-order valence-electron chi connectivity index (χ4n) is 3.56. The number of hydrogen-bond donors (Lipinski definition) is 1. The second-order valence-electron chi connectivity index (χ2n) is 7.39. The van der Waals surface area contributed by atoms with Crippen LogP contribution in [0.2, 0.25) is 0 Å². The van der Waals surface area contributed by atoms with Gasteiger partial charge in [-0.2, -0.15) is 0 Å². The number of nitrogens with one attached hydrogen (secondary N) is 1. The van der Waals surface area contributed by atoms with Crippen LogP contribution in [0.1, 0.15) is 15.9 Å². The van der Waals surface area contributed by atoms with Crippen LogP contribution in [-0.4, -0.2) is 29.5 Å². The quantitative estimate of drug-likeness (QED) is 0.149. The van der Waals surface area contributed by atoms with Crippen molar-refractivity contribution in [3.8, 4) is 17.2 Å². The Labute approximate surface area is 197 Å². The fourth-order valence-corrected chi connectivity index (χ4v) is 3.56. The first kappa shape index (κ1) is 21.6. The molecule has 2 heterocycles. The second kappa shape index (κ2) is 8.63. The average Bonchev–Trinajstić information content (AvgIpc) is 3.44. The van der Waals surface area contributed by atoms with Gasteiger partial charge < -0.3 is 14.2 Å². The van der Waals surface area contributed by atoms with E-state index < -0.39 is 34.1 Å². The van der Waals surface area contributed by atoms with Crippen molar-refractivity contribution in [3.05, 3.63) is 93.5 Å². The largest absolute Gasteiger partial charge is 0.454 e. The van der Waals surface area contributed by atoms with Crippen LogP contribution in [0.25, 0.3) is 6.08 Å². The third-order valence-electron chi connectivity index (χ3n) is 5.23. The molecule has 0 bridgehead atoms. The maximum Gasteiger partial charge on any atom is 0.343 e. The van der Waals surface area contributed by atoms with Gasteiger partial charge in [-0.05, 0) is 36.4 Å². The Kier molecular flexibility index (Phi) is 5.34. The SMILES string of the molecule is O=C1NN(c2ccccc2)C(=O)/C1=C\c1cccc([N+](=O)[O-])c1OC(=O)c1ccc2c(c1)OCO2. The molecule has 0 radical (unpaired) electrons. The molecular formula is C24H15N3O8. The van der Waals surface area contributed by atoms with Crippen molar-refractivity contribution in [1.82, 2.24) is 5.43 Å². The van der Waals surface area contributed by atoms with Gasteiger partial charge >= 0.3 is 11.7 Å². The molecule has 11 nitrogen and oxygen atoms in total. The normalized spacial score (nSPS) is 15.3. The zero-order valence-corrected chi connectivity index (χ0v) is 17.8. The molecule has 5 rings (SSSR count). The van der Waals surface area contributed by atoms with Crippen LogP contribution < -0.4 is 24.6 Å². The summed E-state index contributed by atoms with van der Waals surface area (Å²) in [5.41, 5.74) is 2.15. The molecule has 1 N–H and O–H groups in total. The highest BCUT2D eigenvalue weighted by Crippen LogP contribution is 2.36. The number of nitro groups is 1. The Bertz CT molecular complexity index is 1420. The van der Waals surface area contributed by atoms with Crippen LogP contribution in [0, 0.1) is 10.1 Å². The van der Waals surface area contributed by atoms with Crippen LogP contribution in [0.3, 0.4) is 0 Å². The number of ether oxygens (including phenoxy) is 3. The van der Waals surface area contributed by atoms with Crippen LogP contribution >= 0.6 is 0 Å². The minimum absolute atomic E-state index is 0.00158. The predicted molar refractivity (Wildman–Crippen MR) is 121 cm³/mol. The number of esters is 1. The van der Waals surface area contributed by atoms with Gasteiger partial charge in [0.2, 0.25) is 12.5 Å². The maximum atomic E-state index is 12.9. The van der Waals surface area contributed by atoms with E-state index >= 15 is 0 Å². The molecular weight excluding hydrogens is 458 g/mol. The Morgan fingerprint density at radius 3 is 2.57 bits per heavy atom. The maximum absolute atomic E-state index is 12.9. The van der Waals surface area contributed by atoms with Crippen molar-refractivity contribution in [3.63, 3.8) is 0 Å². The first-order valence-corrected chi connectivity index (χ1v) is 10.2. The summed E-state index contributed by atoms with van der Waals surface area (Å²) in [6.45, 7) is 0.00576. The summed E-state index contributed by atoms with van der Waals surface area (Å²) in [6.07, 6.45) is 1.15. The molecule has 0 spiro atoms. The molecule has 1 fully saturated rings. The van der Waals surface area contributed by atoms with Crippen LogP contribution in [0.4, 0.5) is 11.4 Å². The minimum Gasteiger partial charge on any atom is -0.454 e. The van der Waals surface area contributed by atoms with Gasteiger partial charge in [0, 0.05) is 11.6 Å². The van der Waals surface area contributed by atoms with Crippen LogP contribution in [-0.2, 0) is 9.59 Å². The van der Waals surface area contributed by atoms with Crippen molar-refractivity contribution in [1.29, 1.82) is 0 Å². The Morgan fingerprint density at radius 1 is 1.03 bits per heavy atom. The first-order chi connectivity index (χ1) is 16.9. The number of nitro benzene ring substituents is 1. The highest BCUT2D eigenvalue weighted by molar-refractivity contribution is 6.31. The number of rotatable bonds is 5. The van der Waals surface area contributed by atoms with Gasteiger partial charge in [-0.15, -0.1) is 0 Å². The standard InChI is InChI=1S/C24H15N3O8/c28-22-17(23(29)26(25-22)16-6-2-1-3-7-16)11-14-5-4-8-18(27(31)32)21(14)35-24(30)15-9-10-19-20(12-15)34-13-33-19/h1-12H,13H2,(H,25,28)/b17-11-. The number of amides is 2. The molecule has 3 aromatic carbocycles. The van der Waals surface area contributed by atoms with Crippen LogP contribution in [0.15, 0.2) is 72.3 Å². The van der Waals surface area contributed by atoms with E-state index in [9.17, 15) is 24.5 Å². The third kappa shape index (κ3) is 4.02. The van der Waals surface area contributed by atoms with Gasteiger partial charge in [0.05, 0.1) is 16.2 Å². The number of fused-ring (bicyclic) bond motifs is 1. The first-order valence-electron chi connectivity index (χ1n) is 10.2. The number of hydrazine groups is 1. The molecule has 35 heavy (non-hydrogen) atoms. The van der Waals surface area contributed by atoms with Gasteiger partial charge in [0.1, 0.15) is 5.57 Å². The number of nitrogens with zero attached hydrogens (tertiary/aromatic N) is 2. The number of carbonyl (C=O) groups is 3. The summed E-state index contributed by atoms with van der Waals surface area (Å²) in [6, 6.07) is 16.7. The number of hydrogen-bond acceptors (Lipinski definition) is 8. The molecule has 1 saturated heterocycles. The lowest BCUT2D eigenvalue weighted by Crippen LogP contribution is -2.35. The summed E-state index contributed by atoms with van der Waals surface area (Å²) in [7, 11) is 0. The highest BCUT2D eigenvalue weighted by atomic mass is 16.7. The zero-order valence-electron chi connectivity index (χ0n) is 17.8. The van der Waals surface area contributed by atoms with Crippen molar-refractivity contribution >= 4 is 35.2 Å². The molecule has 0 atom stereocenters. The summed E-state index contributed by atoms with van der Waals surface area (Å²) in [5.74, 6) is -1.90. The number of anilines is 1. The summed E-state index contributed by atoms with van der Waals surface area (Å²) in [5, 5.41) is 12.7. The third-order valence-corrected chi connectivity index (χ3v) is 5.23. The van der Waals surface area contributed by atoms with Gasteiger partial charge in [-0.3, -0.25) is 25.1 Å². The molecule has 2 aliphatic heterocycles. The van der Waals surface area contributed by atoms with E-state index in [4.69, 9.17) is 14.2 Å². The molecule has 3 aromatic rings. The summed E-state index contributed by atoms with van der Waals surface area (Å²) < 4.78 is 15.9. The molecule has 0 aliphatic carbocycles. The van der Waals surface area contributed by atoms with E-state index in [1.165, 1.54) is 30.3 Å². The lowest BCUT2D eigenvalue weighted by atomic mass is 10.1. The van der Waals surface area contributed by atoms with Crippen molar-refractivity contribution in [2.75, 3.05) is 11.8 Å². The van der Waals surface area contributed by atoms with E-state index in [1.807, 2.05) is 0 Å². The summed E-state index contributed by atoms with van der Waals surface area (Å²) >= 11 is 0. The van der Waals surface area contributed by atoms with E-state index in [-0.39, 0.29) is 23.5 Å². The lowest BCUT2D eigenvalue weighted by molar-refractivity contribution is -0.385. The highest BCUT2D eigenvalue weighted by Gasteiger charge is 2.35. The monoisotopic (exact) mass is 473 g/mol. The smallest absolute Gasteiger partial charge is 0.343 e. The Hall–Kier alpha value is -5.19. The molecule has 0 aromatic heterocycles. The van der Waals surface area contributed by atoms with E-state index in [1.54, 1.807) is 30.3 Å². The minimum atomic E-state index is -0.898. The lowest BCUT2D eigenvalue weighted by Gasteiger charge is -2.14. The average molecular weight is 473 g/mol. The Morgan fingerprint density at radius 2 is 1.80 bits per heavy atom. The van der Waals surface area contributed by atoms with Crippen LogP contribution in [0.5, 0.6) is 17.2 Å². The molecule has 2 aliphatic rings. The van der Waals surface area contributed by atoms with E-state index in [0.717, 1.165) is 17.2 Å². The van der Waals surface area contributed by atoms with E-state index in [2.05, 4.69) is 5.43 Å². The van der Waals surface area contributed by atoms with Gasteiger partial charge in [-0.25, -0.2) is 9.80 Å². The molecule has 0 saturated carbocycles. The number of carbonyl (C=O) groups excluding carboxylic acids is 3. The van der Waals surface area contributed by atoms with Gasteiger partial charge in [-0.1, -0.05) is 30.3 Å². The topological polar surface area (TPSA) is 137 Å². The number of para-hydroxylation sites is 2. The van der Waals surface area contributed by atoms with Crippen molar-refractivity contribution in [2.24, 2.45) is 0 Å². The molecule has 11 heteroatoms. The van der Waals surface area contributed by atoms with Crippen molar-refractivity contribution < 1.29 is 33.5 Å². The molecule has 2 amide bonds. The number of benzene rings is 3. The zero-order chi connectivity index (χ0) is 24.5. The van der Waals surface area contributed by atoms with Gasteiger partial charge in [0.25, 0.3) is 11.8 Å². The van der Waals surface area contributed by atoms with E-state index in [0.29, 0.717) is 17.2 Å². The van der Waals surface area contributed by atoms with Gasteiger partial charge in [0.15, 0.2) is 11.5 Å². The summed E-state index contributed by atoms with van der Waals surface area (Å²) in [4.78, 5) is 49.2. The molecule has 174 valence electrons. The molecule has 0 unspecified atom stereocenters. The second-order valence-corrected chi connectivity index (χ2v) is 7.39. The predicted octanol–water partition coefficient (Wildman–Crippen LogP) is 3.00.